The van der Waals surface area contributed by atoms with Crippen molar-refractivity contribution in [1.29, 1.82) is 0 Å². The molecule has 0 aromatic rings. The molecule has 0 aromatic carbocycles. The molecule has 22 heavy (non-hydrogen) atoms. The molecule has 0 aliphatic rings. The Morgan fingerprint density at radius 3 is 1.41 bits per heavy atom. The first-order valence-electron chi connectivity index (χ1n) is 9.26. The first-order valence-corrected chi connectivity index (χ1v) is 9.26. The number of unbranched alkanes of at least 4 members (excludes halogenated alkanes) is 8. The fourth-order valence-corrected chi connectivity index (χ4v) is 2.20. The van der Waals surface area contributed by atoms with E-state index in [0.29, 0.717) is 33.0 Å². The number of aliphatic hydroxyl groups excluding tert-OH is 1. The van der Waals surface area contributed by atoms with Gasteiger partial charge in [-0.3, -0.25) is 0 Å². The summed E-state index contributed by atoms with van der Waals surface area (Å²) >= 11 is 0. The second-order valence-corrected chi connectivity index (χ2v) is 5.74. The Kier molecular flexibility index (Phi) is 20.7. The van der Waals surface area contributed by atoms with E-state index >= 15 is 0 Å². The minimum absolute atomic E-state index is 0.301. The Labute approximate surface area is 137 Å². The van der Waals surface area contributed by atoms with Gasteiger partial charge in [0.1, 0.15) is 0 Å². The molecule has 0 amide bonds. The van der Waals surface area contributed by atoms with Crippen LogP contribution in [0, 0.1) is 0 Å². The zero-order valence-electron chi connectivity index (χ0n) is 14.7. The highest BCUT2D eigenvalue weighted by Gasteiger charge is 1.94. The molecule has 0 saturated heterocycles. The van der Waals surface area contributed by atoms with Crippen LogP contribution in [0.5, 0.6) is 0 Å². The van der Waals surface area contributed by atoms with Gasteiger partial charge in [0.05, 0.1) is 26.4 Å². The Hall–Kier alpha value is -0.160. The molecule has 0 aliphatic heterocycles. The number of ether oxygens (including phenoxy) is 3. The van der Waals surface area contributed by atoms with Crippen LogP contribution < -0.4 is 0 Å². The van der Waals surface area contributed by atoms with E-state index in [2.05, 4.69) is 6.92 Å². The minimum atomic E-state index is 0.301. The summed E-state index contributed by atoms with van der Waals surface area (Å²) in [6, 6.07) is 0. The van der Waals surface area contributed by atoms with Crippen molar-refractivity contribution in [2.45, 2.75) is 71.1 Å². The van der Waals surface area contributed by atoms with Gasteiger partial charge in [-0.2, -0.15) is 0 Å². The molecule has 0 rings (SSSR count). The molecule has 0 spiro atoms. The largest absolute Gasteiger partial charge is 0.396 e. The summed E-state index contributed by atoms with van der Waals surface area (Å²) in [5.74, 6) is 0. The first-order chi connectivity index (χ1) is 10.9. The SMILES string of the molecule is CCCCCCCCOCCOCCOCCCCCCO. The van der Waals surface area contributed by atoms with Crippen molar-refractivity contribution in [3.8, 4) is 0 Å². The van der Waals surface area contributed by atoms with Crippen LogP contribution in [0.15, 0.2) is 0 Å². The van der Waals surface area contributed by atoms with Crippen molar-refractivity contribution >= 4 is 0 Å². The van der Waals surface area contributed by atoms with Gasteiger partial charge in [0.15, 0.2) is 0 Å². The lowest BCUT2D eigenvalue weighted by Gasteiger charge is -2.07. The third-order valence-corrected chi connectivity index (χ3v) is 3.58. The van der Waals surface area contributed by atoms with E-state index in [9.17, 15) is 0 Å². The molecule has 0 aromatic heterocycles. The van der Waals surface area contributed by atoms with Crippen LogP contribution in [-0.4, -0.2) is 51.4 Å². The first kappa shape index (κ1) is 21.8. The molecule has 0 aliphatic carbocycles. The lowest BCUT2D eigenvalue weighted by atomic mass is 10.1. The highest BCUT2D eigenvalue weighted by Crippen LogP contribution is 2.04. The van der Waals surface area contributed by atoms with Gasteiger partial charge in [-0.1, -0.05) is 51.9 Å². The number of aliphatic hydroxyl groups is 1. The summed E-state index contributed by atoms with van der Waals surface area (Å²) in [7, 11) is 0. The van der Waals surface area contributed by atoms with Crippen molar-refractivity contribution in [3.05, 3.63) is 0 Å². The smallest absolute Gasteiger partial charge is 0.0701 e. The number of hydrogen-bond acceptors (Lipinski definition) is 4. The zero-order chi connectivity index (χ0) is 16.1. The summed E-state index contributed by atoms with van der Waals surface area (Å²) in [6.45, 7) is 6.87. The van der Waals surface area contributed by atoms with Crippen molar-refractivity contribution in [1.82, 2.24) is 0 Å². The van der Waals surface area contributed by atoms with Gasteiger partial charge in [0.2, 0.25) is 0 Å². The Balaban J connectivity index is 2.91. The predicted octanol–water partition coefficient (Wildman–Crippen LogP) is 3.95. The van der Waals surface area contributed by atoms with E-state index in [-0.39, 0.29) is 0 Å². The summed E-state index contributed by atoms with van der Waals surface area (Å²) in [6.07, 6.45) is 12.0. The summed E-state index contributed by atoms with van der Waals surface area (Å²) in [5, 5.41) is 8.64. The van der Waals surface area contributed by atoms with Crippen molar-refractivity contribution in [2.75, 3.05) is 46.2 Å². The van der Waals surface area contributed by atoms with E-state index in [1.165, 1.54) is 38.5 Å². The second-order valence-electron chi connectivity index (χ2n) is 5.74. The van der Waals surface area contributed by atoms with Gasteiger partial charge < -0.3 is 19.3 Å². The van der Waals surface area contributed by atoms with E-state index in [0.717, 1.165) is 38.9 Å². The quantitative estimate of drug-likeness (QED) is 0.366. The Morgan fingerprint density at radius 1 is 0.500 bits per heavy atom. The normalized spacial score (nSPS) is 11.2. The van der Waals surface area contributed by atoms with E-state index in [4.69, 9.17) is 19.3 Å². The molecule has 1 N–H and O–H groups in total. The van der Waals surface area contributed by atoms with Gasteiger partial charge >= 0.3 is 0 Å². The van der Waals surface area contributed by atoms with Crippen LogP contribution in [0.3, 0.4) is 0 Å². The van der Waals surface area contributed by atoms with Crippen LogP contribution in [0.4, 0.5) is 0 Å². The summed E-state index contributed by atoms with van der Waals surface area (Å²) < 4.78 is 16.5. The van der Waals surface area contributed by atoms with Crippen LogP contribution >= 0.6 is 0 Å². The lowest BCUT2D eigenvalue weighted by Crippen LogP contribution is -2.10. The molecule has 4 nitrogen and oxygen atoms in total. The molecule has 0 saturated carbocycles. The maximum absolute atomic E-state index is 8.64. The van der Waals surface area contributed by atoms with Crippen LogP contribution in [0.2, 0.25) is 0 Å². The van der Waals surface area contributed by atoms with Crippen molar-refractivity contribution in [3.63, 3.8) is 0 Å². The van der Waals surface area contributed by atoms with Crippen LogP contribution in [0.25, 0.3) is 0 Å². The number of hydrogen-bond donors (Lipinski definition) is 1. The minimum Gasteiger partial charge on any atom is -0.396 e. The molecule has 0 radical (unpaired) electrons. The maximum atomic E-state index is 8.64. The monoisotopic (exact) mass is 318 g/mol. The fourth-order valence-electron chi connectivity index (χ4n) is 2.20. The third kappa shape index (κ3) is 19.8. The molecular weight excluding hydrogens is 280 g/mol. The Bertz CT molecular complexity index is 168. The summed E-state index contributed by atoms with van der Waals surface area (Å²) in [4.78, 5) is 0. The van der Waals surface area contributed by atoms with E-state index in [1.807, 2.05) is 0 Å². The second kappa shape index (κ2) is 20.8. The van der Waals surface area contributed by atoms with Gasteiger partial charge in [0.25, 0.3) is 0 Å². The zero-order valence-corrected chi connectivity index (χ0v) is 14.7. The predicted molar refractivity (Wildman–Crippen MR) is 91.4 cm³/mol. The molecule has 0 atom stereocenters. The molecule has 0 bridgehead atoms. The van der Waals surface area contributed by atoms with E-state index in [1.54, 1.807) is 0 Å². The van der Waals surface area contributed by atoms with Crippen molar-refractivity contribution < 1.29 is 19.3 Å². The van der Waals surface area contributed by atoms with Gasteiger partial charge in [-0.15, -0.1) is 0 Å². The number of rotatable bonds is 19. The third-order valence-electron chi connectivity index (χ3n) is 3.58. The molecule has 134 valence electrons. The molecule has 0 unspecified atom stereocenters. The molecular formula is C18H38O4. The van der Waals surface area contributed by atoms with Crippen LogP contribution in [-0.2, 0) is 14.2 Å². The average Bonchev–Trinajstić information content (AvgIpc) is 2.54. The highest BCUT2D eigenvalue weighted by atomic mass is 16.5. The molecule has 0 heterocycles. The molecule has 4 heteroatoms. The average molecular weight is 318 g/mol. The van der Waals surface area contributed by atoms with Crippen LogP contribution in [0.1, 0.15) is 71.1 Å². The van der Waals surface area contributed by atoms with Gasteiger partial charge in [-0.05, 0) is 19.3 Å². The fraction of sp³-hybridized carbons (Fsp3) is 1.00. The summed E-state index contributed by atoms with van der Waals surface area (Å²) in [5.41, 5.74) is 0. The Morgan fingerprint density at radius 2 is 0.909 bits per heavy atom. The van der Waals surface area contributed by atoms with Crippen molar-refractivity contribution in [2.24, 2.45) is 0 Å². The van der Waals surface area contributed by atoms with Gasteiger partial charge in [-0.25, -0.2) is 0 Å². The lowest BCUT2D eigenvalue weighted by molar-refractivity contribution is 0.0132. The standard InChI is InChI=1S/C18H38O4/c1-2-3-4-5-7-10-13-20-15-17-22-18-16-21-14-11-8-6-9-12-19/h19H,2-18H2,1H3. The van der Waals surface area contributed by atoms with Gasteiger partial charge in [0, 0.05) is 19.8 Å². The highest BCUT2D eigenvalue weighted by molar-refractivity contribution is 4.44. The van der Waals surface area contributed by atoms with E-state index < -0.39 is 0 Å². The molecule has 0 fully saturated rings. The maximum Gasteiger partial charge on any atom is 0.0701 e. The topological polar surface area (TPSA) is 47.9 Å².